The molecule has 0 spiro atoms. The first kappa shape index (κ1) is 14.1. The van der Waals surface area contributed by atoms with E-state index in [2.05, 4.69) is 63.8 Å². The van der Waals surface area contributed by atoms with Crippen LogP contribution in [0.5, 0.6) is 0 Å². The van der Waals surface area contributed by atoms with E-state index in [0.29, 0.717) is 5.92 Å². The molecule has 0 unspecified atom stereocenters. The van der Waals surface area contributed by atoms with Crippen molar-refractivity contribution in [3.63, 3.8) is 0 Å². The van der Waals surface area contributed by atoms with E-state index in [1.165, 1.54) is 16.7 Å². The minimum atomic E-state index is 0.111. The zero-order chi connectivity index (χ0) is 14.2. The van der Waals surface area contributed by atoms with E-state index in [1.54, 1.807) is 0 Å². The Hall–Kier alpha value is -1.33. The molecule has 0 amide bonds. The maximum Gasteiger partial charge on any atom is 0.0676 e. The van der Waals surface area contributed by atoms with Crippen molar-refractivity contribution in [2.75, 3.05) is 13.1 Å². The van der Waals surface area contributed by atoms with Crippen LogP contribution in [0.4, 0.5) is 0 Å². The summed E-state index contributed by atoms with van der Waals surface area (Å²) in [7, 11) is 0. The number of benzene rings is 1. The molecule has 1 aliphatic heterocycles. The highest BCUT2D eigenvalue weighted by molar-refractivity contribution is 5.36. The zero-order valence-electron chi connectivity index (χ0n) is 12.7. The first-order chi connectivity index (χ1) is 8.82. The van der Waals surface area contributed by atoms with Gasteiger partial charge in [-0.2, -0.15) is 5.26 Å². The molecule has 102 valence electrons. The third-order valence-corrected chi connectivity index (χ3v) is 4.27. The average Bonchev–Trinajstić information content (AvgIpc) is 2.76. The van der Waals surface area contributed by atoms with Gasteiger partial charge in [-0.25, -0.2) is 0 Å². The van der Waals surface area contributed by atoms with E-state index in [1.807, 2.05) is 0 Å². The van der Waals surface area contributed by atoms with Crippen molar-refractivity contribution in [2.24, 2.45) is 5.92 Å². The molecule has 2 atom stereocenters. The highest BCUT2D eigenvalue weighted by Gasteiger charge is 2.38. The third-order valence-electron chi connectivity index (χ3n) is 4.27. The van der Waals surface area contributed by atoms with Crippen LogP contribution in [0.2, 0.25) is 0 Å². The third kappa shape index (κ3) is 2.82. The van der Waals surface area contributed by atoms with E-state index in [0.717, 1.165) is 13.1 Å². The Labute approximate surface area is 117 Å². The molecule has 1 aromatic rings. The lowest BCUT2D eigenvalue weighted by atomic mass is 9.86. The molecule has 1 saturated heterocycles. The summed E-state index contributed by atoms with van der Waals surface area (Å²) in [6.07, 6.45) is 0. The van der Waals surface area contributed by atoms with Gasteiger partial charge in [0.05, 0.1) is 12.0 Å². The van der Waals surface area contributed by atoms with Gasteiger partial charge in [-0.05, 0) is 45.7 Å². The maximum absolute atomic E-state index is 9.46. The first-order valence-electron chi connectivity index (χ1n) is 7.04. The summed E-state index contributed by atoms with van der Waals surface area (Å²) in [5.41, 5.74) is 4.10. The van der Waals surface area contributed by atoms with Gasteiger partial charge in [0.15, 0.2) is 0 Å². The molecule has 1 fully saturated rings. The molecule has 0 bridgehead atoms. The van der Waals surface area contributed by atoms with Gasteiger partial charge in [0.25, 0.3) is 0 Å². The summed E-state index contributed by atoms with van der Waals surface area (Å²) >= 11 is 0. The Bertz CT molecular complexity index is 505. The highest BCUT2D eigenvalue weighted by atomic mass is 15.2. The van der Waals surface area contributed by atoms with Crippen LogP contribution in [-0.2, 0) is 0 Å². The van der Waals surface area contributed by atoms with Crippen molar-refractivity contribution in [1.29, 1.82) is 5.26 Å². The molecule has 0 saturated carbocycles. The summed E-state index contributed by atoms with van der Waals surface area (Å²) < 4.78 is 0. The van der Waals surface area contributed by atoms with Gasteiger partial charge in [-0.1, -0.05) is 23.8 Å². The van der Waals surface area contributed by atoms with Gasteiger partial charge in [-0.15, -0.1) is 0 Å². The highest BCUT2D eigenvalue weighted by Crippen LogP contribution is 2.37. The summed E-state index contributed by atoms with van der Waals surface area (Å²) in [6.45, 7) is 12.8. The van der Waals surface area contributed by atoms with Crippen molar-refractivity contribution in [2.45, 2.75) is 46.1 Å². The lowest BCUT2D eigenvalue weighted by Gasteiger charge is -2.31. The fraction of sp³-hybridized carbons (Fsp3) is 0.588. The second-order valence-electron chi connectivity index (χ2n) is 6.78. The number of hydrogen-bond acceptors (Lipinski definition) is 2. The monoisotopic (exact) mass is 256 g/mol. The summed E-state index contributed by atoms with van der Waals surface area (Å²) in [5, 5.41) is 9.46. The largest absolute Gasteiger partial charge is 0.297 e. The number of hydrogen-bond donors (Lipinski definition) is 0. The molecule has 2 rings (SSSR count). The molecule has 1 aliphatic rings. The van der Waals surface area contributed by atoms with E-state index in [9.17, 15) is 5.26 Å². The Kier molecular flexibility index (Phi) is 3.69. The van der Waals surface area contributed by atoms with Crippen molar-refractivity contribution < 1.29 is 0 Å². The fourth-order valence-electron chi connectivity index (χ4n) is 2.96. The second kappa shape index (κ2) is 4.98. The Morgan fingerprint density at radius 3 is 2.47 bits per heavy atom. The predicted octanol–water partition coefficient (Wildman–Crippen LogP) is 3.64. The van der Waals surface area contributed by atoms with Crippen LogP contribution in [0.25, 0.3) is 0 Å². The number of likely N-dealkylation sites (tertiary alicyclic amines) is 1. The van der Waals surface area contributed by atoms with Crippen molar-refractivity contribution in [3.05, 3.63) is 34.9 Å². The molecule has 2 nitrogen and oxygen atoms in total. The summed E-state index contributed by atoms with van der Waals surface area (Å²) in [6, 6.07) is 9.11. The minimum Gasteiger partial charge on any atom is -0.297 e. The Morgan fingerprint density at radius 1 is 1.21 bits per heavy atom. The van der Waals surface area contributed by atoms with E-state index >= 15 is 0 Å². The molecule has 0 aliphatic carbocycles. The minimum absolute atomic E-state index is 0.111. The normalized spacial score (nSPS) is 24.4. The van der Waals surface area contributed by atoms with E-state index in [4.69, 9.17) is 0 Å². The predicted molar refractivity (Wildman–Crippen MR) is 79.1 cm³/mol. The number of rotatable bonds is 1. The summed E-state index contributed by atoms with van der Waals surface area (Å²) in [5.74, 6) is 0.462. The van der Waals surface area contributed by atoms with Crippen LogP contribution < -0.4 is 0 Å². The van der Waals surface area contributed by atoms with Crippen LogP contribution in [0.1, 0.15) is 43.4 Å². The van der Waals surface area contributed by atoms with Gasteiger partial charge >= 0.3 is 0 Å². The second-order valence-corrected chi connectivity index (χ2v) is 6.78. The van der Waals surface area contributed by atoms with Crippen LogP contribution in [0, 0.1) is 31.1 Å². The van der Waals surface area contributed by atoms with Gasteiger partial charge in [0.1, 0.15) is 0 Å². The van der Waals surface area contributed by atoms with Crippen molar-refractivity contribution in [3.8, 4) is 6.07 Å². The fourth-order valence-corrected chi connectivity index (χ4v) is 2.96. The van der Waals surface area contributed by atoms with Gasteiger partial charge in [-0.3, -0.25) is 4.90 Å². The lowest BCUT2D eigenvalue weighted by molar-refractivity contribution is 0.170. The van der Waals surface area contributed by atoms with Gasteiger partial charge in [0.2, 0.25) is 0 Å². The Morgan fingerprint density at radius 2 is 1.89 bits per heavy atom. The number of aryl methyl sites for hydroxylation is 2. The van der Waals surface area contributed by atoms with Crippen LogP contribution >= 0.6 is 0 Å². The van der Waals surface area contributed by atoms with Crippen LogP contribution in [0.3, 0.4) is 0 Å². The molecular weight excluding hydrogens is 232 g/mol. The molecular formula is C17H24N2. The molecule has 1 aromatic carbocycles. The van der Waals surface area contributed by atoms with Crippen molar-refractivity contribution >= 4 is 0 Å². The molecule has 19 heavy (non-hydrogen) atoms. The summed E-state index contributed by atoms with van der Waals surface area (Å²) in [4.78, 5) is 2.44. The van der Waals surface area contributed by atoms with E-state index < -0.39 is 0 Å². The first-order valence-corrected chi connectivity index (χ1v) is 7.04. The van der Waals surface area contributed by atoms with Gasteiger partial charge in [0, 0.05) is 24.5 Å². The molecule has 2 heteroatoms. The number of nitriles is 1. The molecule has 1 heterocycles. The quantitative estimate of drug-likeness (QED) is 0.767. The SMILES string of the molecule is Cc1ccc(C)c([C@H]2CN(C(C)(C)C)C[C@@H]2C#N)c1. The topological polar surface area (TPSA) is 27.0 Å². The maximum atomic E-state index is 9.46. The number of nitrogens with zero attached hydrogens (tertiary/aromatic N) is 2. The Balaban J connectivity index is 2.34. The standard InChI is InChI=1S/C17H24N2/c1-12-6-7-13(2)15(8-12)16-11-19(17(3,4)5)10-14(16)9-18/h6-8,14,16H,10-11H2,1-5H3/t14-,16-/m0/s1. The van der Waals surface area contributed by atoms with Gasteiger partial charge < -0.3 is 0 Å². The van der Waals surface area contributed by atoms with E-state index in [-0.39, 0.29) is 11.5 Å². The molecule has 0 N–H and O–H groups in total. The van der Waals surface area contributed by atoms with Crippen LogP contribution in [0.15, 0.2) is 18.2 Å². The molecule has 0 radical (unpaired) electrons. The van der Waals surface area contributed by atoms with Crippen molar-refractivity contribution in [1.82, 2.24) is 4.90 Å². The zero-order valence-corrected chi connectivity index (χ0v) is 12.7. The molecule has 0 aromatic heterocycles. The van der Waals surface area contributed by atoms with Crippen LogP contribution in [-0.4, -0.2) is 23.5 Å². The average molecular weight is 256 g/mol. The smallest absolute Gasteiger partial charge is 0.0676 e. The lowest BCUT2D eigenvalue weighted by Crippen LogP contribution is -2.39.